The van der Waals surface area contributed by atoms with Crippen LogP contribution < -0.4 is 0 Å². The molecule has 0 aromatic heterocycles. The Balaban J connectivity index is 1.75. The zero-order valence-electron chi connectivity index (χ0n) is 40.9. The van der Waals surface area contributed by atoms with Crippen molar-refractivity contribution < 1.29 is 73.8 Å². The van der Waals surface area contributed by atoms with Crippen LogP contribution in [0, 0.1) is 0 Å². The minimum absolute atomic E-state index is 0.167. The third-order valence-electron chi connectivity index (χ3n) is 12.7. The Bertz CT molecular complexity index is 1210. The fraction of sp³-hybridized carbons (Fsp3) is 0.922. The highest BCUT2D eigenvalue weighted by Crippen LogP contribution is 2.26. The number of esters is 2. The van der Waals surface area contributed by atoms with Crippen LogP contribution in [0.25, 0.3) is 0 Å². The molecule has 0 spiro atoms. The first-order chi connectivity index (χ1) is 32.0. The van der Waals surface area contributed by atoms with E-state index in [2.05, 4.69) is 26.0 Å². The molecule has 2 rings (SSSR count). The molecular weight excluding hydrogens is 853 g/mol. The average molecular weight is 947 g/mol. The van der Waals surface area contributed by atoms with Crippen LogP contribution in [0.2, 0.25) is 0 Å². The van der Waals surface area contributed by atoms with Gasteiger partial charge in [0.05, 0.1) is 19.8 Å². The molecule has 0 amide bonds. The number of allylic oxidation sites excluding steroid dienone is 2. The zero-order valence-corrected chi connectivity index (χ0v) is 40.9. The van der Waals surface area contributed by atoms with Crippen molar-refractivity contribution in [1.82, 2.24) is 0 Å². The number of aliphatic hydroxyl groups excluding tert-OH is 7. The maximum atomic E-state index is 13.0. The van der Waals surface area contributed by atoms with Crippen molar-refractivity contribution in [1.29, 1.82) is 0 Å². The number of carbonyl (C=O) groups is 2. The molecule has 2 heterocycles. The van der Waals surface area contributed by atoms with Gasteiger partial charge in [-0.05, 0) is 38.5 Å². The summed E-state index contributed by atoms with van der Waals surface area (Å²) in [4.78, 5) is 25.7. The summed E-state index contributed by atoms with van der Waals surface area (Å²) >= 11 is 0. The molecule has 0 aliphatic carbocycles. The fourth-order valence-electron chi connectivity index (χ4n) is 8.39. The van der Waals surface area contributed by atoms with Crippen LogP contribution in [-0.4, -0.2) is 142 Å². The van der Waals surface area contributed by atoms with E-state index in [4.69, 9.17) is 28.4 Å². The highest BCUT2D eigenvalue weighted by Gasteiger charge is 2.47. The molecule has 0 aromatic carbocycles. The number of ether oxygens (including phenoxy) is 6. The lowest BCUT2D eigenvalue weighted by Crippen LogP contribution is -2.61. The lowest BCUT2D eigenvalue weighted by Gasteiger charge is -2.42. The summed E-state index contributed by atoms with van der Waals surface area (Å²) < 4.78 is 33.5. The number of hydrogen-bond acceptors (Lipinski definition) is 15. The van der Waals surface area contributed by atoms with E-state index in [-0.39, 0.29) is 26.1 Å². The quantitative estimate of drug-likeness (QED) is 0.0180. The largest absolute Gasteiger partial charge is 0.462 e. The van der Waals surface area contributed by atoms with E-state index < -0.39 is 92.7 Å². The first kappa shape index (κ1) is 60.4. The van der Waals surface area contributed by atoms with Gasteiger partial charge >= 0.3 is 11.9 Å². The molecule has 2 fully saturated rings. The van der Waals surface area contributed by atoms with E-state index in [0.29, 0.717) is 12.8 Å². The van der Waals surface area contributed by atoms with Crippen molar-refractivity contribution in [2.75, 3.05) is 26.4 Å². The Labute approximate surface area is 397 Å². The van der Waals surface area contributed by atoms with Crippen LogP contribution in [0.1, 0.15) is 206 Å². The van der Waals surface area contributed by atoms with Gasteiger partial charge in [0.2, 0.25) is 0 Å². The molecule has 11 unspecified atom stereocenters. The molecule has 0 radical (unpaired) electrons. The summed E-state index contributed by atoms with van der Waals surface area (Å²) in [6.45, 7) is 2.58. The van der Waals surface area contributed by atoms with Crippen molar-refractivity contribution in [2.45, 2.75) is 274 Å². The van der Waals surface area contributed by atoms with Crippen LogP contribution in [0.4, 0.5) is 0 Å². The Kier molecular flexibility index (Phi) is 35.7. The lowest BCUT2D eigenvalue weighted by atomic mass is 9.98. The molecule has 15 heteroatoms. The van der Waals surface area contributed by atoms with Gasteiger partial charge in [0.1, 0.15) is 55.4 Å². The molecule has 0 bridgehead atoms. The van der Waals surface area contributed by atoms with E-state index in [0.717, 1.165) is 38.5 Å². The lowest BCUT2D eigenvalue weighted by molar-refractivity contribution is -0.332. The van der Waals surface area contributed by atoms with Crippen LogP contribution in [-0.2, 0) is 38.0 Å². The minimum atomic E-state index is -1.76. The molecule has 66 heavy (non-hydrogen) atoms. The summed E-state index contributed by atoms with van der Waals surface area (Å²) in [6.07, 6.45) is 21.1. The summed E-state index contributed by atoms with van der Waals surface area (Å²) in [7, 11) is 0. The predicted molar refractivity (Wildman–Crippen MR) is 252 cm³/mol. The van der Waals surface area contributed by atoms with Crippen molar-refractivity contribution >= 4 is 11.9 Å². The van der Waals surface area contributed by atoms with Gasteiger partial charge in [-0.25, -0.2) is 0 Å². The van der Waals surface area contributed by atoms with Crippen molar-refractivity contribution in [3.8, 4) is 0 Å². The minimum Gasteiger partial charge on any atom is -0.462 e. The maximum absolute atomic E-state index is 13.0. The van der Waals surface area contributed by atoms with Gasteiger partial charge in [0.25, 0.3) is 0 Å². The van der Waals surface area contributed by atoms with Crippen molar-refractivity contribution in [3.05, 3.63) is 12.2 Å². The number of carbonyl (C=O) groups excluding carboxylic acids is 2. The van der Waals surface area contributed by atoms with E-state index in [9.17, 15) is 45.3 Å². The third kappa shape index (κ3) is 26.8. The maximum Gasteiger partial charge on any atom is 0.306 e. The van der Waals surface area contributed by atoms with Crippen molar-refractivity contribution in [2.24, 2.45) is 0 Å². The molecule has 388 valence electrons. The summed E-state index contributed by atoms with van der Waals surface area (Å²) in [5.74, 6) is -0.921. The van der Waals surface area contributed by atoms with Gasteiger partial charge in [-0.15, -0.1) is 0 Å². The standard InChI is InChI=1S/C51H94O15/c1-3-5-7-9-11-13-14-15-16-17-18-19-20-21-22-23-24-26-28-30-32-34-43(54)64-39(36-61-42(53)33-31-29-27-25-12-10-8-6-4-2)37-62-50-49(60)47(58)45(56)41(66-50)38-63-51-48(59)46(57)44(55)40(35-52)65-51/h17-18,39-41,44-52,55-60H,3-16,19-38H2,1-2H3/b18-17-. The Hall–Kier alpha value is -1.76. The normalized spacial score (nSPS) is 26.2. The number of rotatable bonds is 41. The van der Waals surface area contributed by atoms with Gasteiger partial charge in [-0.1, -0.05) is 167 Å². The van der Waals surface area contributed by atoms with Crippen molar-refractivity contribution in [3.63, 3.8) is 0 Å². The molecular formula is C51H94O15. The molecule has 0 saturated carbocycles. The Morgan fingerprint density at radius 1 is 0.470 bits per heavy atom. The highest BCUT2D eigenvalue weighted by molar-refractivity contribution is 5.70. The van der Waals surface area contributed by atoms with E-state index in [1.165, 1.54) is 128 Å². The monoisotopic (exact) mass is 947 g/mol. The zero-order chi connectivity index (χ0) is 48.2. The predicted octanol–water partition coefficient (Wildman–Crippen LogP) is 7.38. The van der Waals surface area contributed by atoms with Crippen LogP contribution in [0.5, 0.6) is 0 Å². The SMILES string of the molecule is CCCCCCCCCC/C=C\CCCCCCCCCCCC(=O)OC(COC(=O)CCCCCCCCCCC)COC1OC(COC2OC(CO)C(O)C(O)C2O)C(O)C(O)C1O. The number of unbranched alkanes of at least 4 members (excludes halogenated alkanes) is 25. The van der Waals surface area contributed by atoms with Crippen LogP contribution in [0.3, 0.4) is 0 Å². The van der Waals surface area contributed by atoms with Gasteiger partial charge in [0, 0.05) is 12.8 Å². The van der Waals surface area contributed by atoms with Crippen LogP contribution in [0.15, 0.2) is 12.2 Å². The smallest absolute Gasteiger partial charge is 0.306 e. The second kappa shape index (κ2) is 39.0. The molecule has 2 aliphatic rings. The van der Waals surface area contributed by atoms with E-state index in [1.807, 2.05) is 0 Å². The van der Waals surface area contributed by atoms with Gasteiger partial charge in [0.15, 0.2) is 18.7 Å². The molecule has 0 aromatic rings. The first-order valence-electron chi connectivity index (χ1n) is 26.3. The summed E-state index contributed by atoms with van der Waals surface area (Å²) in [5.41, 5.74) is 0. The third-order valence-corrected chi connectivity index (χ3v) is 12.7. The molecule has 2 saturated heterocycles. The Morgan fingerprint density at radius 2 is 0.864 bits per heavy atom. The highest BCUT2D eigenvalue weighted by atomic mass is 16.7. The Morgan fingerprint density at radius 3 is 1.33 bits per heavy atom. The second-order valence-corrected chi connectivity index (χ2v) is 18.7. The second-order valence-electron chi connectivity index (χ2n) is 18.7. The fourth-order valence-corrected chi connectivity index (χ4v) is 8.39. The van der Waals surface area contributed by atoms with E-state index in [1.54, 1.807) is 0 Å². The van der Waals surface area contributed by atoms with Crippen LogP contribution >= 0.6 is 0 Å². The van der Waals surface area contributed by atoms with Gasteiger partial charge in [-0.2, -0.15) is 0 Å². The molecule has 11 atom stereocenters. The average Bonchev–Trinajstić information content (AvgIpc) is 3.31. The topological polar surface area (TPSA) is 231 Å². The number of aliphatic hydroxyl groups is 7. The molecule has 7 N–H and O–H groups in total. The van der Waals surface area contributed by atoms with E-state index >= 15 is 0 Å². The molecule has 15 nitrogen and oxygen atoms in total. The van der Waals surface area contributed by atoms with Gasteiger partial charge in [-0.3, -0.25) is 9.59 Å². The summed E-state index contributed by atoms with van der Waals surface area (Å²) in [6, 6.07) is 0. The number of hydrogen-bond donors (Lipinski definition) is 7. The summed E-state index contributed by atoms with van der Waals surface area (Å²) in [5, 5.41) is 72.0. The molecule has 2 aliphatic heterocycles. The first-order valence-corrected chi connectivity index (χ1v) is 26.3. The van der Waals surface area contributed by atoms with Gasteiger partial charge < -0.3 is 64.2 Å².